The average molecular weight is 745 g/mol. The highest BCUT2D eigenvalue weighted by atomic mass is 35.5. The lowest BCUT2D eigenvalue weighted by molar-refractivity contribution is -0.00833. The van der Waals surface area contributed by atoms with Crippen LogP contribution < -0.4 is 24.8 Å². The van der Waals surface area contributed by atoms with Crippen molar-refractivity contribution in [3.63, 3.8) is 0 Å². The van der Waals surface area contributed by atoms with Crippen LogP contribution in [0.2, 0.25) is 5.02 Å². The van der Waals surface area contributed by atoms with Gasteiger partial charge in [-0.2, -0.15) is 4.31 Å². The maximum absolute atomic E-state index is 14.4. The highest BCUT2D eigenvalue weighted by molar-refractivity contribution is 7.89. The van der Waals surface area contributed by atoms with E-state index in [0.717, 1.165) is 6.42 Å². The van der Waals surface area contributed by atoms with E-state index in [0.29, 0.717) is 53.1 Å². The van der Waals surface area contributed by atoms with Gasteiger partial charge in [0.2, 0.25) is 16.8 Å². The van der Waals surface area contributed by atoms with Crippen molar-refractivity contribution in [2.45, 2.75) is 63.2 Å². The molecule has 0 saturated carbocycles. The van der Waals surface area contributed by atoms with Crippen molar-refractivity contribution in [3.8, 4) is 17.2 Å². The zero-order valence-electron chi connectivity index (χ0n) is 29.1. The lowest BCUT2D eigenvalue weighted by atomic mass is 10.0. The van der Waals surface area contributed by atoms with Gasteiger partial charge < -0.3 is 39.6 Å². The number of nitrogens with one attached hydrogen (secondary N) is 2. The Bertz CT molecular complexity index is 1790. The summed E-state index contributed by atoms with van der Waals surface area (Å²) in [6.07, 6.45) is 1.34. The molecule has 0 aromatic heterocycles. The molecule has 3 amide bonds. The van der Waals surface area contributed by atoms with Crippen LogP contribution in [0.25, 0.3) is 0 Å². The topological polar surface area (TPSA) is 156 Å². The maximum Gasteiger partial charge on any atom is 0.323 e. The zero-order valence-corrected chi connectivity index (χ0v) is 30.7. The van der Waals surface area contributed by atoms with E-state index >= 15 is 0 Å². The van der Waals surface area contributed by atoms with Gasteiger partial charge in [-0.25, -0.2) is 13.2 Å². The first-order valence-corrected chi connectivity index (χ1v) is 18.7. The molecule has 0 fully saturated rings. The van der Waals surface area contributed by atoms with E-state index in [9.17, 15) is 23.1 Å². The normalized spacial score (nSPS) is 20.6. The SMILES string of the molecule is C[C@@H]1CCCCO[C@H](CN(C)S(=O)(=O)c2ccc(Cl)cc2)[C@@H](C)CN([C@H](C)CO)C(=O)c2cc(NC(=O)Nc3ccc4c(c3)OCO4)ccc2O1. The van der Waals surface area contributed by atoms with Gasteiger partial charge in [0.15, 0.2) is 11.5 Å². The van der Waals surface area contributed by atoms with Gasteiger partial charge in [-0.15, -0.1) is 0 Å². The van der Waals surface area contributed by atoms with Crippen molar-refractivity contribution < 1.29 is 42.1 Å². The van der Waals surface area contributed by atoms with Gasteiger partial charge >= 0.3 is 6.03 Å². The Morgan fingerprint density at radius 3 is 2.37 bits per heavy atom. The van der Waals surface area contributed by atoms with Crippen molar-refractivity contribution in [2.75, 3.05) is 50.8 Å². The lowest BCUT2D eigenvalue weighted by Crippen LogP contribution is -2.48. The van der Waals surface area contributed by atoms with Crippen LogP contribution in [0.1, 0.15) is 50.4 Å². The molecule has 0 aliphatic carbocycles. The number of urea groups is 1. The number of sulfonamides is 1. The molecule has 4 atom stereocenters. The lowest BCUT2D eigenvalue weighted by Gasteiger charge is -2.35. The van der Waals surface area contributed by atoms with Crippen LogP contribution in [-0.4, -0.2) is 93.1 Å². The van der Waals surface area contributed by atoms with Crippen molar-refractivity contribution in [1.29, 1.82) is 0 Å². The van der Waals surface area contributed by atoms with Crippen molar-refractivity contribution in [3.05, 3.63) is 71.2 Å². The Labute approximate surface area is 303 Å². The molecular weight excluding hydrogens is 700 g/mol. The van der Waals surface area contributed by atoms with Gasteiger partial charge in [-0.3, -0.25) is 4.79 Å². The molecule has 15 heteroatoms. The Morgan fingerprint density at radius 1 is 1.00 bits per heavy atom. The standard InChI is InChI=1S/C36H45ClN4O9S/c1-23-19-41(24(2)21-42)35(43)30-17-27(38-36(44)39-28-11-15-32-33(18-28)49-22-48-32)10-14-31(30)50-25(3)7-5-6-16-47-34(23)20-40(4)51(45,46)29-12-8-26(37)9-13-29/h8-15,17-18,23-25,34,42H,5-7,16,19-22H2,1-4H3,(H2,38,39,44)/t23-,24+,25+,34+/m0/s1. The third kappa shape index (κ3) is 9.63. The number of likely N-dealkylation sites (N-methyl/N-ethyl adjacent to an activating group) is 1. The van der Waals surface area contributed by atoms with Crippen LogP contribution in [0, 0.1) is 5.92 Å². The number of hydrogen-bond acceptors (Lipinski definition) is 9. The summed E-state index contributed by atoms with van der Waals surface area (Å²) in [6.45, 7) is 5.88. The number of amides is 3. The molecule has 2 aliphatic rings. The first kappa shape index (κ1) is 38.2. The summed E-state index contributed by atoms with van der Waals surface area (Å²) >= 11 is 5.99. The Balaban J connectivity index is 1.39. The summed E-state index contributed by atoms with van der Waals surface area (Å²) in [5.74, 6) is 0.666. The summed E-state index contributed by atoms with van der Waals surface area (Å²) in [5, 5.41) is 16.2. The highest BCUT2D eigenvalue weighted by Crippen LogP contribution is 2.34. The number of carbonyl (C=O) groups excluding carboxylic acids is 2. The summed E-state index contributed by atoms with van der Waals surface area (Å²) < 4.78 is 51.5. The summed E-state index contributed by atoms with van der Waals surface area (Å²) in [7, 11) is -2.37. The fourth-order valence-corrected chi connectivity index (χ4v) is 7.18. The van der Waals surface area contributed by atoms with E-state index in [1.165, 1.54) is 40.5 Å². The van der Waals surface area contributed by atoms with E-state index in [1.54, 1.807) is 43.3 Å². The van der Waals surface area contributed by atoms with Crippen molar-refractivity contribution in [1.82, 2.24) is 9.21 Å². The molecule has 5 rings (SSSR count). The van der Waals surface area contributed by atoms with E-state index < -0.39 is 34.1 Å². The maximum atomic E-state index is 14.4. The molecule has 13 nitrogen and oxygen atoms in total. The van der Waals surface area contributed by atoms with E-state index in [4.69, 9.17) is 30.5 Å². The van der Waals surface area contributed by atoms with Gasteiger partial charge in [0.25, 0.3) is 5.91 Å². The number of halogens is 1. The molecule has 3 aromatic carbocycles. The number of carbonyl (C=O) groups is 2. The fraction of sp³-hybridized carbons (Fsp3) is 0.444. The molecule has 0 unspecified atom stereocenters. The number of nitrogens with zero attached hydrogens (tertiary/aromatic N) is 2. The molecule has 0 saturated heterocycles. The van der Waals surface area contributed by atoms with Crippen LogP contribution in [0.4, 0.5) is 16.2 Å². The summed E-state index contributed by atoms with van der Waals surface area (Å²) in [4.78, 5) is 29.1. The molecule has 3 aromatic rings. The van der Waals surface area contributed by atoms with Gasteiger partial charge in [0, 0.05) is 55.1 Å². The smallest absolute Gasteiger partial charge is 0.323 e. The number of benzene rings is 3. The van der Waals surface area contributed by atoms with Crippen LogP contribution in [-0.2, 0) is 14.8 Å². The molecule has 2 aliphatic heterocycles. The van der Waals surface area contributed by atoms with Crippen molar-refractivity contribution >= 4 is 44.9 Å². The Morgan fingerprint density at radius 2 is 1.67 bits per heavy atom. The minimum absolute atomic E-state index is 0.0321. The molecule has 0 spiro atoms. The first-order chi connectivity index (χ1) is 24.3. The van der Waals surface area contributed by atoms with E-state index in [-0.39, 0.29) is 49.0 Å². The molecule has 0 radical (unpaired) electrons. The zero-order chi connectivity index (χ0) is 36.7. The van der Waals surface area contributed by atoms with Gasteiger partial charge in [0.05, 0.1) is 35.3 Å². The van der Waals surface area contributed by atoms with Crippen LogP contribution in [0.5, 0.6) is 17.2 Å². The Hall–Kier alpha value is -4.08. The molecule has 276 valence electrons. The largest absolute Gasteiger partial charge is 0.490 e. The quantitative estimate of drug-likeness (QED) is 0.258. The summed E-state index contributed by atoms with van der Waals surface area (Å²) in [5.41, 5.74) is 1.04. The first-order valence-electron chi connectivity index (χ1n) is 16.9. The van der Waals surface area contributed by atoms with Crippen LogP contribution in [0.3, 0.4) is 0 Å². The second-order valence-electron chi connectivity index (χ2n) is 12.9. The molecule has 51 heavy (non-hydrogen) atoms. The highest BCUT2D eigenvalue weighted by Gasteiger charge is 2.32. The fourth-order valence-electron chi connectivity index (χ4n) is 5.87. The molecule has 0 bridgehead atoms. The van der Waals surface area contributed by atoms with Gasteiger partial charge in [0.1, 0.15) is 5.75 Å². The van der Waals surface area contributed by atoms with Gasteiger partial charge in [-0.1, -0.05) is 18.5 Å². The minimum Gasteiger partial charge on any atom is -0.490 e. The number of aliphatic hydroxyl groups excluding tert-OH is 1. The second-order valence-corrected chi connectivity index (χ2v) is 15.4. The van der Waals surface area contributed by atoms with Crippen molar-refractivity contribution in [2.24, 2.45) is 5.92 Å². The third-order valence-corrected chi connectivity index (χ3v) is 11.0. The molecular formula is C36H45ClN4O9S. The summed E-state index contributed by atoms with van der Waals surface area (Å²) in [6, 6.07) is 14.7. The average Bonchev–Trinajstić information content (AvgIpc) is 3.57. The number of ether oxygens (including phenoxy) is 4. The number of anilines is 2. The predicted molar refractivity (Wildman–Crippen MR) is 193 cm³/mol. The number of rotatable bonds is 8. The second kappa shape index (κ2) is 17.0. The van der Waals surface area contributed by atoms with Gasteiger partial charge in [-0.05, 0) is 87.7 Å². The molecule has 2 heterocycles. The number of fused-ring (bicyclic) bond motifs is 2. The number of aliphatic hydroxyl groups is 1. The van der Waals surface area contributed by atoms with Crippen LogP contribution >= 0.6 is 11.6 Å². The number of hydrogen-bond donors (Lipinski definition) is 3. The predicted octanol–water partition coefficient (Wildman–Crippen LogP) is 5.83. The molecule has 3 N–H and O–H groups in total. The van der Waals surface area contributed by atoms with E-state index in [1.807, 2.05) is 13.8 Å². The minimum atomic E-state index is -3.86. The van der Waals surface area contributed by atoms with E-state index in [2.05, 4.69) is 10.6 Å². The van der Waals surface area contributed by atoms with Crippen LogP contribution in [0.15, 0.2) is 65.6 Å². The monoisotopic (exact) mass is 744 g/mol. The third-order valence-electron chi connectivity index (χ3n) is 8.90. The Kier molecular flexibility index (Phi) is 12.7.